The Morgan fingerprint density at radius 3 is 2.88 bits per heavy atom. The lowest BCUT2D eigenvalue weighted by Gasteiger charge is -2.31. The Morgan fingerprint density at radius 2 is 2.15 bits per heavy atom. The summed E-state index contributed by atoms with van der Waals surface area (Å²) in [5, 5.41) is 3.12. The van der Waals surface area contributed by atoms with E-state index in [1.807, 2.05) is 31.3 Å². The van der Waals surface area contributed by atoms with Gasteiger partial charge in [-0.3, -0.25) is 19.8 Å². The molecule has 2 aliphatic rings. The molecule has 2 aromatic heterocycles. The Morgan fingerprint density at radius 1 is 1.31 bits per heavy atom. The predicted octanol–water partition coefficient (Wildman–Crippen LogP) is 2.98. The molecule has 0 spiro atoms. The first-order valence-corrected chi connectivity index (χ1v) is 9.35. The van der Waals surface area contributed by atoms with E-state index in [-0.39, 0.29) is 11.9 Å². The van der Waals surface area contributed by atoms with Crippen molar-refractivity contribution in [3.63, 3.8) is 0 Å². The van der Waals surface area contributed by atoms with Gasteiger partial charge in [-0.05, 0) is 56.4 Å². The third-order valence-electron chi connectivity index (χ3n) is 5.47. The van der Waals surface area contributed by atoms with Gasteiger partial charge in [-0.15, -0.1) is 0 Å². The van der Waals surface area contributed by atoms with Gasteiger partial charge in [-0.2, -0.15) is 0 Å². The van der Waals surface area contributed by atoms with E-state index in [1.165, 1.54) is 19.3 Å². The molecule has 0 aromatic carbocycles. The molecular formula is C21H24N4O. The molecule has 1 atom stereocenters. The summed E-state index contributed by atoms with van der Waals surface area (Å²) in [4.78, 5) is 25.7. The van der Waals surface area contributed by atoms with Crippen molar-refractivity contribution in [1.29, 1.82) is 0 Å². The zero-order valence-corrected chi connectivity index (χ0v) is 15.3. The second-order valence-electron chi connectivity index (χ2n) is 7.41. The number of nitrogens with one attached hydrogen (secondary N) is 1. The number of carbonyl (C=O) groups excluding carboxylic acids is 1. The number of amides is 1. The van der Waals surface area contributed by atoms with E-state index in [0.717, 1.165) is 33.8 Å². The Labute approximate surface area is 154 Å². The molecular weight excluding hydrogens is 324 g/mol. The summed E-state index contributed by atoms with van der Waals surface area (Å²) in [5.74, 6) is 0.701. The summed E-state index contributed by atoms with van der Waals surface area (Å²) in [5.41, 5.74) is 6.01. The van der Waals surface area contributed by atoms with Gasteiger partial charge in [0.15, 0.2) is 0 Å². The minimum atomic E-state index is 0.0562. The van der Waals surface area contributed by atoms with E-state index >= 15 is 0 Å². The molecule has 2 aromatic rings. The lowest BCUT2D eigenvalue weighted by atomic mass is 9.80. The van der Waals surface area contributed by atoms with E-state index < -0.39 is 0 Å². The molecule has 1 N–H and O–H groups in total. The second kappa shape index (κ2) is 6.98. The summed E-state index contributed by atoms with van der Waals surface area (Å²) >= 11 is 0. The Balaban J connectivity index is 1.44. The zero-order valence-electron chi connectivity index (χ0n) is 15.3. The molecule has 0 radical (unpaired) electrons. The number of aryl methyl sites for hydroxylation is 1. The highest BCUT2D eigenvalue weighted by Gasteiger charge is 2.25. The van der Waals surface area contributed by atoms with Gasteiger partial charge in [0.2, 0.25) is 5.91 Å². The average molecular weight is 348 g/mol. The van der Waals surface area contributed by atoms with Crippen molar-refractivity contribution in [2.45, 2.75) is 52.1 Å². The molecule has 1 aliphatic heterocycles. The van der Waals surface area contributed by atoms with Crippen LogP contribution in [0.1, 0.15) is 54.3 Å². The van der Waals surface area contributed by atoms with Crippen LogP contribution in [-0.4, -0.2) is 27.6 Å². The molecule has 0 bridgehead atoms. The monoisotopic (exact) mass is 348 g/mol. The number of carbonyl (C=O) groups is 1. The molecule has 4 rings (SSSR count). The number of rotatable bonds is 5. The van der Waals surface area contributed by atoms with Crippen molar-refractivity contribution in [2.75, 3.05) is 0 Å². The molecule has 1 aliphatic carbocycles. The maximum Gasteiger partial charge on any atom is 0.226 e. The molecule has 134 valence electrons. The maximum atomic E-state index is 12.3. The van der Waals surface area contributed by atoms with Crippen LogP contribution in [0.2, 0.25) is 0 Å². The van der Waals surface area contributed by atoms with Crippen molar-refractivity contribution < 1.29 is 4.79 Å². The number of nitrogens with zero attached hydrogens (tertiary/aromatic N) is 3. The van der Waals surface area contributed by atoms with Gasteiger partial charge in [0, 0.05) is 35.3 Å². The number of pyridine rings is 2. The van der Waals surface area contributed by atoms with Crippen LogP contribution in [-0.2, 0) is 17.8 Å². The second-order valence-corrected chi connectivity index (χ2v) is 7.41. The number of hydrogen-bond donors (Lipinski definition) is 1. The number of aliphatic imine (C=N–C) groups is 1. The smallest absolute Gasteiger partial charge is 0.226 e. The van der Waals surface area contributed by atoms with Crippen LogP contribution in [0.5, 0.6) is 0 Å². The first-order valence-electron chi connectivity index (χ1n) is 9.35. The van der Waals surface area contributed by atoms with E-state index in [0.29, 0.717) is 18.9 Å². The number of aromatic nitrogens is 2. The van der Waals surface area contributed by atoms with Crippen molar-refractivity contribution in [2.24, 2.45) is 10.9 Å². The van der Waals surface area contributed by atoms with Crippen LogP contribution in [0, 0.1) is 12.8 Å². The topological polar surface area (TPSA) is 67.2 Å². The van der Waals surface area contributed by atoms with Crippen LogP contribution in [0.3, 0.4) is 0 Å². The van der Waals surface area contributed by atoms with Crippen molar-refractivity contribution >= 4 is 11.6 Å². The van der Waals surface area contributed by atoms with Gasteiger partial charge < -0.3 is 5.32 Å². The minimum Gasteiger partial charge on any atom is -0.353 e. The van der Waals surface area contributed by atoms with Crippen molar-refractivity contribution in [1.82, 2.24) is 15.3 Å². The Bertz CT molecular complexity index is 870. The van der Waals surface area contributed by atoms with E-state index in [4.69, 9.17) is 0 Å². The summed E-state index contributed by atoms with van der Waals surface area (Å²) in [6.45, 7) is 4.72. The molecule has 1 saturated carbocycles. The summed E-state index contributed by atoms with van der Waals surface area (Å²) in [6.07, 6.45) is 7.74. The first-order chi connectivity index (χ1) is 12.6. The van der Waals surface area contributed by atoms with E-state index in [1.54, 1.807) is 6.20 Å². The maximum absolute atomic E-state index is 12.3. The average Bonchev–Trinajstić information content (AvgIpc) is 2.96. The molecule has 0 saturated heterocycles. The quantitative estimate of drug-likeness (QED) is 0.903. The Hall–Kier alpha value is -2.56. The van der Waals surface area contributed by atoms with Gasteiger partial charge in [-0.25, -0.2) is 0 Å². The third kappa shape index (κ3) is 3.39. The van der Waals surface area contributed by atoms with Gasteiger partial charge in [-0.1, -0.05) is 6.42 Å². The summed E-state index contributed by atoms with van der Waals surface area (Å²) in [6, 6.07) is 6.30. The standard InChI is InChI=1S/C21H24N4O/c1-13-8-16(6-7-22-13)21-19-12-23-18(9-17(19)11-24-21)10-20(26)25-14(2)15-4-3-5-15/h6-9,12,14-15H,3-5,10-11H2,1-2H3,(H,25,26)/t14-/m1/s1. The fourth-order valence-corrected chi connectivity index (χ4v) is 3.70. The SMILES string of the molecule is Cc1cc(C2=NCc3cc(CC(=O)N[C@H](C)C4CCC4)ncc32)ccn1. The van der Waals surface area contributed by atoms with Gasteiger partial charge >= 0.3 is 0 Å². The fraction of sp³-hybridized carbons (Fsp3) is 0.429. The highest BCUT2D eigenvalue weighted by atomic mass is 16.1. The molecule has 1 fully saturated rings. The zero-order chi connectivity index (χ0) is 18.1. The van der Waals surface area contributed by atoms with Crippen LogP contribution in [0.4, 0.5) is 0 Å². The van der Waals surface area contributed by atoms with Crippen LogP contribution in [0.25, 0.3) is 0 Å². The van der Waals surface area contributed by atoms with Crippen LogP contribution in [0.15, 0.2) is 35.6 Å². The molecule has 5 heteroatoms. The van der Waals surface area contributed by atoms with Gasteiger partial charge in [0.05, 0.1) is 24.4 Å². The van der Waals surface area contributed by atoms with Crippen LogP contribution < -0.4 is 5.32 Å². The van der Waals surface area contributed by atoms with E-state index in [9.17, 15) is 4.79 Å². The summed E-state index contributed by atoms with van der Waals surface area (Å²) < 4.78 is 0. The van der Waals surface area contributed by atoms with Crippen molar-refractivity contribution in [3.05, 3.63) is 58.7 Å². The normalized spacial score (nSPS) is 17.2. The predicted molar refractivity (Wildman–Crippen MR) is 101 cm³/mol. The molecule has 5 nitrogen and oxygen atoms in total. The van der Waals surface area contributed by atoms with E-state index in [2.05, 4.69) is 27.2 Å². The largest absolute Gasteiger partial charge is 0.353 e. The Kier molecular flexibility index (Phi) is 4.53. The van der Waals surface area contributed by atoms with Gasteiger partial charge in [0.1, 0.15) is 0 Å². The molecule has 1 amide bonds. The molecule has 3 heterocycles. The number of hydrogen-bond acceptors (Lipinski definition) is 4. The highest BCUT2D eigenvalue weighted by Crippen LogP contribution is 2.29. The fourth-order valence-electron chi connectivity index (χ4n) is 3.70. The minimum absolute atomic E-state index is 0.0562. The lowest BCUT2D eigenvalue weighted by molar-refractivity contribution is -0.121. The van der Waals surface area contributed by atoms with Gasteiger partial charge in [0.25, 0.3) is 0 Å². The number of fused-ring (bicyclic) bond motifs is 1. The highest BCUT2D eigenvalue weighted by molar-refractivity contribution is 6.15. The third-order valence-corrected chi connectivity index (χ3v) is 5.47. The molecule has 26 heavy (non-hydrogen) atoms. The summed E-state index contributed by atoms with van der Waals surface area (Å²) in [7, 11) is 0. The lowest BCUT2D eigenvalue weighted by Crippen LogP contribution is -2.41. The van der Waals surface area contributed by atoms with Crippen LogP contribution >= 0.6 is 0 Å². The first kappa shape index (κ1) is 16.9. The van der Waals surface area contributed by atoms with Crippen molar-refractivity contribution in [3.8, 4) is 0 Å². The molecule has 0 unspecified atom stereocenters.